The molecular weight excluding hydrogens is 220 g/mol. The molecule has 0 saturated carbocycles. The molecule has 1 aromatic carbocycles. The Morgan fingerprint density at radius 2 is 1.65 bits per heavy atom. The van der Waals surface area contributed by atoms with Gasteiger partial charge in [-0.25, -0.2) is 0 Å². The summed E-state index contributed by atoms with van der Waals surface area (Å²) in [4.78, 5) is 22.4. The predicted molar refractivity (Wildman–Crippen MR) is 64.2 cm³/mol. The molecule has 0 aliphatic rings. The number of Topliss-reactive ketones (excluding diaryl/α,β-unsaturated/α-hetero) is 1. The molecule has 1 aromatic rings. The molecule has 0 aliphatic carbocycles. The van der Waals surface area contributed by atoms with Gasteiger partial charge in [0.05, 0.1) is 18.8 Å². The third kappa shape index (κ3) is 3.06. The van der Waals surface area contributed by atoms with Gasteiger partial charge in [0.1, 0.15) is 11.5 Å². The van der Waals surface area contributed by atoms with E-state index in [0.29, 0.717) is 42.1 Å². The van der Waals surface area contributed by atoms with Gasteiger partial charge >= 0.3 is 0 Å². The molecular formula is C13H16O4. The smallest absolute Gasteiger partial charge is 0.160 e. The van der Waals surface area contributed by atoms with Crippen LogP contribution in [0.3, 0.4) is 0 Å². The van der Waals surface area contributed by atoms with Crippen molar-refractivity contribution in [3.63, 3.8) is 0 Å². The second-order valence-corrected chi connectivity index (χ2v) is 3.43. The number of aldehydes is 1. The van der Waals surface area contributed by atoms with Gasteiger partial charge in [-0.05, 0) is 32.9 Å². The second-order valence-electron chi connectivity index (χ2n) is 3.43. The van der Waals surface area contributed by atoms with Crippen LogP contribution >= 0.6 is 0 Å². The van der Waals surface area contributed by atoms with Crippen LogP contribution in [0, 0.1) is 0 Å². The Balaban J connectivity index is 3.33. The van der Waals surface area contributed by atoms with Crippen molar-refractivity contribution in [2.75, 3.05) is 13.2 Å². The first-order valence-electron chi connectivity index (χ1n) is 5.53. The van der Waals surface area contributed by atoms with Gasteiger partial charge in [-0.15, -0.1) is 0 Å². The van der Waals surface area contributed by atoms with Crippen LogP contribution < -0.4 is 9.47 Å². The highest BCUT2D eigenvalue weighted by atomic mass is 16.5. The van der Waals surface area contributed by atoms with E-state index in [-0.39, 0.29) is 5.78 Å². The highest BCUT2D eigenvalue weighted by Crippen LogP contribution is 2.29. The van der Waals surface area contributed by atoms with E-state index in [2.05, 4.69) is 0 Å². The van der Waals surface area contributed by atoms with Crippen molar-refractivity contribution in [1.82, 2.24) is 0 Å². The number of ether oxygens (including phenoxy) is 2. The van der Waals surface area contributed by atoms with Crippen LogP contribution in [0.25, 0.3) is 0 Å². The van der Waals surface area contributed by atoms with Gasteiger partial charge in [0, 0.05) is 5.56 Å². The average Bonchev–Trinajstić information content (AvgIpc) is 2.29. The summed E-state index contributed by atoms with van der Waals surface area (Å²) in [6.45, 7) is 5.94. The lowest BCUT2D eigenvalue weighted by Gasteiger charge is -2.12. The van der Waals surface area contributed by atoms with Gasteiger partial charge in [0.2, 0.25) is 0 Å². The van der Waals surface area contributed by atoms with Crippen molar-refractivity contribution in [1.29, 1.82) is 0 Å². The summed E-state index contributed by atoms with van der Waals surface area (Å²) in [5, 5.41) is 0. The van der Waals surface area contributed by atoms with E-state index in [0.717, 1.165) is 0 Å². The molecule has 0 N–H and O–H groups in total. The Labute approximate surface area is 101 Å². The standard InChI is InChI=1S/C13H16O4/c1-4-16-12-6-10(9(3)15)7-13(17-5-2)11(12)8-14/h6-8H,4-5H2,1-3H3. The number of hydrogen-bond donors (Lipinski definition) is 0. The fourth-order valence-electron chi connectivity index (χ4n) is 1.47. The van der Waals surface area contributed by atoms with E-state index in [1.165, 1.54) is 6.92 Å². The average molecular weight is 236 g/mol. The zero-order valence-electron chi connectivity index (χ0n) is 10.3. The predicted octanol–water partition coefficient (Wildman–Crippen LogP) is 2.50. The fraction of sp³-hybridized carbons (Fsp3) is 0.385. The van der Waals surface area contributed by atoms with Crippen molar-refractivity contribution >= 4 is 12.1 Å². The molecule has 0 atom stereocenters. The van der Waals surface area contributed by atoms with Gasteiger partial charge in [0.25, 0.3) is 0 Å². The van der Waals surface area contributed by atoms with Gasteiger partial charge in [0.15, 0.2) is 12.1 Å². The first-order chi connectivity index (χ1) is 8.13. The SMILES string of the molecule is CCOc1cc(C(C)=O)cc(OCC)c1C=O. The van der Waals surface area contributed by atoms with Crippen LogP contribution in [0.2, 0.25) is 0 Å². The van der Waals surface area contributed by atoms with E-state index < -0.39 is 0 Å². The Morgan fingerprint density at radius 3 is 1.94 bits per heavy atom. The fourth-order valence-corrected chi connectivity index (χ4v) is 1.47. The summed E-state index contributed by atoms with van der Waals surface area (Å²) >= 11 is 0. The molecule has 4 heteroatoms. The first-order valence-corrected chi connectivity index (χ1v) is 5.53. The second kappa shape index (κ2) is 6.03. The van der Waals surface area contributed by atoms with E-state index in [1.807, 2.05) is 13.8 Å². The van der Waals surface area contributed by atoms with Gasteiger partial charge in [-0.3, -0.25) is 9.59 Å². The number of carbonyl (C=O) groups excluding carboxylic acids is 2. The van der Waals surface area contributed by atoms with Gasteiger partial charge < -0.3 is 9.47 Å². The minimum absolute atomic E-state index is 0.0932. The Kier molecular flexibility index (Phi) is 4.69. The molecule has 4 nitrogen and oxygen atoms in total. The Hall–Kier alpha value is -1.84. The molecule has 1 rings (SSSR count). The number of ketones is 1. The summed E-state index contributed by atoms with van der Waals surface area (Å²) in [7, 11) is 0. The minimum Gasteiger partial charge on any atom is -0.493 e. The van der Waals surface area contributed by atoms with Crippen LogP contribution in [-0.2, 0) is 0 Å². The lowest BCUT2D eigenvalue weighted by atomic mass is 10.1. The Bertz CT molecular complexity index is 396. The first kappa shape index (κ1) is 13.2. The summed E-state index contributed by atoms with van der Waals surface area (Å²) in [5.41, 5.74) is 0.821. The summed E-state index contributed by atoms with van der Waals surface area (Å²) < 4.78 is 10.7. The summed E-state index contributed by atoms with van der Waals surface area (Å²) in [6.07, 6.45) is 0.680. The molecule has 0 radical (unpaired) electrons. The maximum absolute atomic E-state index is 11.4. The lowest BCUT2D eigenvalue weighted by molar-refractivity contribution is 0.101. The zero-order chi connectivity index (χ0) is 12.8. The van der Waals surface area contributed by atoms with Gasteiger partial charge in [-0.1, -0.05) is 0 Å². The topological polar surface area (TPSA) is 52.6 Å². The largest absolute Gasteiger partial charge is 0.493 e. The highest BCUT2D eigenvalue weighted by molar-refractivity contribution is 5.97. The lowest BCUT2D eigenvalue weighted by Crippen LogP contribution is -2.04. The van der Waals surface area contributed by atoms with Crippen molar-refractivity contribution in [3.05, 3.63) is 23.3 Å². The Morgan fingerprint density at radius 1 is 1.18 bits per heavy atom. The van der Waals surface area contributed by atoms with Crippen LogP contribution in [0.1, 0.15) is 41.5 Å². The minimum atomic E-state index is -0.0932. The maximum Gasteiger partial charge on any atom is 0.160 e. The monoisotopic (exact) mass is 236 g/mol. The summed E-state index contributed by atoms with van der Waals surface area (Å²) in [5.74, 6) is 0.682. The van der Waals surface area contributed by atoms with E-state index in [4.69, 9.17) is 9.47 Å². The zero-order valence-corrected chi connectivity index (χ0v) is 10.3. The molecule has 0 spiro atoms. The normalized spacial score (nSPS) is 9.82. The van der Waals surface area contributed by atoms with E-state index in [9.17, 15) is 9.59 Å². The van der Waals surface area contributed by atoms with Crippen LogP contribution in [0.4, 0.5) is 0 Å². The molecule has 0 bridgehead atoms. The number of hydrogen-bond acceptors (Lipinski definition) is 4. The van der Waals surface area contributed by atoms with Gasteiger partial charge in [-0.2, -0.15) is 0 Å². The van der Waals surface area contributed by atoms with Crippen LogP contribution in [0.5, 0.6) is 11.5 Å². The molecule has 92 valence electrons. The molecule has 0 aliphatic heterocycles. The third-order valence-corrected chi connectivity index (χ3v) is 2.23. The summed E-state index contributed by atoms with van der Waals surface area (Å²) in [6, 6.07) is 3.14. The van der Waals surface area contributed by atoms with E-state index in [1.54, 1.807) is 12.1 Å². The molecule has 0 fully saturated rings. The molecule has 0 saturated heterocycles. The number of carbonyl (C=O) groups is 2. The van der Waals surface area contributed by atoms with Crippen molar-refractivity contribution < 1.29 is 19.1 Å². The van der Waals surface area contributed by atoms with Crippen LogP contribution in [0.15, 0.2) is 12.1 Å². The molecule has 0 heterocycles. The number of benzene rings is 1. The molecule has 17 heavy (non-hydrogen) atoms. The van der Waals surface area contributed by atoms with Crippen LogP contribution in [-0.4, -0.2) is 25.3 Å². The quantitative estimate of drug-likeness (QED) is 0.562. The van der Waals surface area contributed by atoms with Crippen molar-refractivity contribution in [2.45, 2.75) is 20.8 Å². The maximum atomic E-state index is 11.4. The molecule has 0 amide bonds. The molecule has 0 aromatic heterocycles. The van der Waals surface area contributed by atoms with Crippen molar-refractivity contribution in [3.8, 4) is 11.5 Å². The highest BCUT2D eigenvalue weighted by Gasteiger charge is 2.14. The van der Waals surface area contributed by atoms with E-state index >= 15 is 0 Å². The van der Waals surface area contributed by atoms with Crippen molar-refractivity contribution in [2.24, 2.45) is 0 Å². The molecule has 0 unspecified atom stereocenters. The number of rotatable bonds is 6. The third-order valence-electron chi connectivity index (χ3n) is 2.23.